The van der Waals surface area contributed by atoms with Crippen LogP contribution in [0.1, 0.15) is 19.8 Å². The number of hydrogen-bond donors (Lipinski definition) is 2. The standard InChI is InChI=1S/C22H22N4O7/c1-2-32-18-6-4-3-5-17(18)23-25(22(31)13-27)15-7-9-16(10-8-15)33-14-19(28)24-26-20(29)11-12-21(26)30/h3-10,13,23H,2,11-12,14H2,1H3,(H,24,28). The van der Waals surface area contributed by atoms with E-state index in [1.807, 2.05) is 6.92 Å². The SMILES string of the molecule is CCOc1ccccc1NN(C(=O)C=O)c1ccc(OCC(=O)NN2C(=O)CCC2=O)cc1. The predicted octanol–water partition coefficient (Wildman–Crippen LogP) is 1.20. The van der Waals surface area contributed by atoms with E-state index < -0.39 is 30.2 Å². The fourth-order valence-corrected chi connectivity index (χ4v) is 2.96. The van der Waals surface area contributed by atoms with Gasteiger partial charge in [-0.1, -0.05) is 12.1 Å². The monoisotopic (exact) mass is 454 g/mol. The number of carbonyl (C=O) groups excluding carboxylic acids is 5. The van der Waals surface area contributed by atoms with Crippen LogP contribution in [0.2, 0.25) is 0 Å². The van der Waals surface area contributed by atoms with Crippen LogP contribution < -0.4 is 25.3 Å². The molecule has 0 radical (unpaired) electrons. The maximum absolute atomic E-state index is 12.2. The second-order valence-corrected chi connectivity index (χ2v) is 6.77. The van der Waals surface area contributed by atoms with Gasteiger partial charge in [-0.05, 0) is 43.3 Å². The maximum Gasteiger partial charge on any atom is 0.309 e. The largest absolute Gasteiger partial charge is 0.492 e. The van der Waals surface area contributed by atoms with E-state index in [2.05, 4.69) is 10.9 Å². The number of imide groups is 1. The molecule has 11 nitrogen and oxygen atoms in total. The molecule has 2 aromatic rings. The number of rotatable bonds is 10. The van der Waals surface area contributed by atoms with Gasteiger partial charge >= 0.3 is 5.91 Å². The quantitative estimate of drug-likeness (QED) is 0.237. The van der Waals surface area contributed by atoms with Gasteiger partial charge in [0.2, 0.25) is 18.1 Å². The first kappa shape index (κ1) is 23.3. The number of aldehydes is 1. The zero-order chi connectivity index (χ0) is 23.8. The summed E-state index contributed by atoms with van der Waals surface area (Å²) in [7, 11) is 0. The highest BCUT2D eigenvalue weighted by atomic mass is 16.5. The van der Waals surface area contributed by atoms with Crippen molar-refractivity contribution in [2.75, 3.05) is 23.6 Å². The zero-order valence-corrected chi connectivity index (χ0v) is 17.8. The molecule has 0 atom stereocenters. The third-order valence-corrected chi connectivity index (χ3v) is 4.49. The van der Waals surface area contributed by atoms with E-state index >= 15 is 0 Å². The van der Waals surface area contributed by atoms with Gasteiger partial charge in [-0.25, -0.2) is 5.01 Å². The molecule has 172 valence electrons. The van der Waals surface area contributed by atoms with Crippen LogP contribution in [0.3, 0.4) is 0 Å². The fourth-order valence-electron chi connectivity index (χ4n) is 2.96. The molecule has 0 aromatic heterocycles. The average Bonchev–Trinajstić information content (AvgIpc) is 3.14. The molecule has 1 aliphatic rings. The Hall–Kier alpha value is -4.41. The van der Waals surface area contributed by atoms with Gasteiger partial charge in [0.1, 0.15) is 11.5 Å². The van der Waals surface area contributed by atoms with E-state index in [1.165, 1.54) is 24.3 Å². The van der Waals surface area contributed by atoms with Crippen molar-refractivity contribution < 1.29 is 33.4 Å². The Morgan fingerprint density at radius 3 is 2.33 bits per heavy atom. The molecule has 1 heterocycles. The summed E-state index contributed by atoms with van der Waals surface area (Å²) in [5.74, 6) is -1.66. The number of ether oxygens (including phenoxy) is 2. The molecule has 0 spiro atoms. The summed E-state index contributed by atoms with van der Waals surface area (Å²) in [6.45, 7) is 1.80. The van der Waals surface area contributed by atoms with Gasteiger partial charge in [0.15, 0.2) is 6.61 Å². The van der Waals surface area contributed by atoms with Crippen LogP contribution in [-0.4, -0.2) is 48.1 Å². The number of nitrogens with one attached hydrogen (secondary N) is 2. The first-order chi connectivity index (χ1) is 15.9. The molecule has 0 unspecified atom stereocenters. The van der Waals surface area contributed by atoms with Crippen molar-refractivity contribution >= 4 is 41.3 Å². The molecule has 3 rings (SSSR count). The number of nitrogens with zero attached hydrogens (tertiary/aromatic N) is 2. The van der Waals surface area contributed by atoms with Gasteiger partial charge in [0, 0.05) is 12.8 Å². The van der Waals surface area contributed by atoms with Crippen LogP contribution in [0, 0.1) is 0 Å². The summed E-state index contributed by atoms with van der Waals surface area (Å²) in [5.41, 5.74) is 5.89. The van der Waals surface area contributed by atoms with Crippen LogP contribution >= 0.6 is 0 Å². The molecular weight excluding hydrogens is 432 g/mol. The Labute approximate surface area is 189 Å². The third-order valence-electron chi connectivity index (χ3n) is 4.49. The molecule has 1 fully saturated rings. The van der Waals surface area contributed by atoms with Crippen LogP contribution in [0.4, 0.5) is 11.4 Å². The Kier molecular flexibility index (Phi) is 7.58. The lowest BCUT2D eigenvalue weighted by Gasteiger charge is -2.24. The second kappa shape index (κ2) is 10.8. The van der Waals surface area contributed by atoms with Gasteiger partial charge in [-0.3, -0.25) is 34.8 Å². The summed E-state index contributed by atoms with van der Waals surface area (Å²) in [6, 6.07) is 13.0. The van der Waals surface area contributed by atoms with E-state index in [9.17, 15) is 24.0 Å². The van der Waals surface area contributed by atoms with E-state index in [0.29, 0.717) is 34.5 Å². The number of hydrazine groups is 2. The molecule has 4 amide bonds. The third kappa shape index (κ3) is 5.85. The summed E-state index contributed by atoms with van der Waals surface area (Å²) in [5, 5.41) is 1.73. The molecule has 0 aliphatic carbocycles. The molecule has 0 saturated carbocycles. The minimum Gasteiger partial charge on any atom is -0.492 e. The first-order valence-electron chi connectivity index (χ1n) is 10.1. The van der Waals surface area contributed by atoms with Crippen molar-refractivity contribution in [1.29, 1.82) is 0 Å². The highest BCUT2D eigenvalue weighted by molar-refractivity contribution is 6.31. The Morgan fingerprint density at radius 1 is 1.03 bits per heavy atom. The molecule has 2 N–H and O–H groups in total. The number of para-hydroxylation sites is 2. The highest BCUT2D eigenvalue weighted by Gasteiger charge is 2.30. The number of benzene rings is 2. The molecule has 0 bridgehead atoms. The average molecular weight is 454 g/mol. The molecule has 1 saturated heterocycles. The summed E-state index contributed by atoms with van der Waals surface area (Å²) in [6.07, 6.45) is 0.285. The topological polar surface area (TPSA) is 134 Å². The molecular formula is C22H22N4O7. The van der Waals surface area contributed by atoms with Crippen molar-refractivity contribution in [2.24, 2.45) is 0 Å². The van der Waals surface area contributed by atoms with Crippen molar-refractivity contribution in [3.63, 3.8) is 0 Å². The predicted molar refractivity (Wildman–Crippen MR) is 116 cm³/mol. The van der Waals surface area contributed by atoms with Crippen LogP contribution in [0.15, 0.2) is 48.5 Å². The lowest BCUT2D eigenvalue weighted by atomic mass is 10.2. The van der Waals surface area contributed by atoms with Crippen LogP contribution in [0.5, 0.6) is 11.5 Å². The van der Waals surface area contributed by atoms with Crippen molar-refractivity contribution in [3.05, 3.63) is 48.5 Å². The summed E-state index contributed by atoms with van der Waals surface area (Å²) >= 11 is 0. The van der Waals surface area contributed by atoms with Gasteiger partial charge in [0.25, 0.3) is 5.91 Å². The normalized spacial score (nSPS) is 12.8. The van der Waals surface area contributed by atoms with Crippen molar-refractivity contribution in [2.45, 2.75) is 19.8 Å². The van der Waals surface area contributed by atoms with Gasteiger partial charge in [-0.15, -0.1) is 0 Å². The minimum atomic E-state index is -0.839. The number of amides is 4. The Morgan fingerprint density at radius 2 is 1.70 bits per heavy atom. The van der Waals surface area contributed by atoms with Gasteiger partial charge in [-0.2, -0.15) is 5.01 Å². The van der Waals surface area contributed by atoms with Crippen LogP contribution in [-0.2, 0) is 24.0 Å². The fraction of sp³-hybridized carbons (Fsp3) is 0.227. The number of anilines is 2. The van der Waals surface area contributed by atoms with Gasteiger partial charge in [0.05, 0.1) is 18.0 Å². The lowest BCUT2D eigenvalue weighted by Crippen LogP contribution is -2.47. The van der Waals surface area contributed by atoms with Crippen molar-refractivity contribution in [1.82, 2.24) is 10.4 Å². The Bertz CT molecular complexity index is 1040. The number of hydrogen-bond acceptors (Lipinski definition) is 8. The van der Waals surface area contributed by atoms with Crippen LogP contribution in [0.25, 0.3) is 0 Å². The van der Waals surface area contributed by atoms with E-state index in [0.717, 1.165) is 5.01 Å². The second-order valence-electron chi connectivity index (χ2n) is 6.77. The smallest absolute Gasteiger partial charge is 0.309 e. The summed E-state index contributed by atoms with van der Waals surface area (Å²) in [4.78, 5) is 58.4. The maximum atomic E-state index is 12.2. The van der Waals surface area contributed by atoms with Crippen molar-refractivity contribution in [3.8, 4) is 11.5 Å². The van der Waals surface area contributed by atoms with E-state index in [4.69, 9.17) is 9.47 Å². The summed E-state index contributed by atoms with van der Waals surface area (Å²) < 4.78 is 10.9. The molecule has 1 aliphatic heterocycles. The van der Waals surface area contributed by atoms with E-state index in [1.54, 1.807) is 24.3 Å². The van der Waals surface area contributed by atoms with Gasteiger partial charge < -0.3 is 9.47 Å². The van der Waals surface area contributed by atoms with E-state index in [-0.39, 0.29) is 19.1 Å². The zero-order valence-electron chi connectivity index (χ0n) is 17.8. The highest BCUT2D eigenvalue weighted by Crippen LogP contribution is 2.27. The first-order valence-corrected chi connectivity index (χ1v) is 10.1. The molecule has 2 aromatic carbocycles. The lowest BCUT2D eigenvalue weighted by molar-refractivity contribution is -0.148. The Balaban J connectivity index is 1.65. The molecule has 11 heteroatoms. The number of carbonyl (C=O) groups is 5. The molecule has 33 heavy (non-hydrogen) atoms. The minimum absolute atomic E-state index is 0.0561.